The summed E-state index contributed by atoms with van der Waals surface area (Å²) < 4.78 is 12.3. The van der Waals surface area contributed by atoms with Crippen molar-refractivity contribution in [3.63, 3.8) is 0 Å². The van der Waals surface area contributed by atoms with Crippen LogP contribution < -0.4 is 14.8 Å². The number of nitrogens with zero attached hydrogens (tertiary/aromatic N) is 2. The first kappa shape index (κ1) is 11.3. The second-order valence-electron chi connectivity index (χ2n) is 4.24. The molecule has 3 aromatic rings. The highest BCUT2D eigenvalue weighted by atomic mass is 32.1. The van der Waals surface area contributed by atoms with E-state index in [1.807, 2.05) is 16.0 Å². The smallest absolute Gasteiger partial charge is 0.275 e. The summed E-state index contributed by atoms with van der Waals surface area (Å²) in [6.45, 7) is 0.212. The molecule has 0 radical (unpaired) electrons. The van der Waals surface area contributed by atoms with Crippen LogP contribution in [0, 0.1) is 0 Å². The number of amides is 1. The van der Waals surface area contributed by atoms with Crippen molar-refractivity contribution >= 4 is 27.9 Å². The molecule has 100 valence electrons. The van der Waals surface area contributed by atoms with Gasteiger partial charge in [-0.3, -0.25) is 9.20 Å². The molecule has 0 saturated carbocycles. The van der Waals surface area contributed by atoms with Crippen molar-refractivity contribution in [1.29, 1.82) is 0 Å². The summed E-state index contributed by atoms with van der Waals surface area (Å²) in [6.07, 6.45) is 3.57. The van der Waals surface area contributed by atoms with Gasteiger partial charge in [0, 0.05) is 29.5 Å². The normalized spacial score (nSPS) is 12.8. The van der Waals surface area contributed by atoms with Gasteiger partial charge in [-0.15, -0.1) is 11.3 Å². The molecule has 0 atom stereocenters. The van der Waals surface area contributed by atoms with Crippen molar-refractivity contribution in [2.45, 2.75) is 0 Å². The molecule has 4 rings (SSSR count). The van der Waals surface area contributed by atoms with Crippen LogP contribution in [0.2, 0.25) is 0 Å². The summed E-state index contributed by atoms with van der Waals surface area (Å²) in [5.74, 6) is 1.07. The van der Waals surface area contributed by atoms with Crippen molar-refractivity contribution in [3.8, 4) is 11.5 Å². The van der Waals surface area contributed by atoms with Crippen LogP contribution in [0.4, 0.5) is 5.69 Å². The zero-order chi connectivity index (χ0) is 13.5. The fourth-order valence-electron chi connectivity index (χ4n) is 2.01. The monoisotopic (exact) mass is 287 g/mol. The van der Waals surface area contributed by atoms with E-state index in [0.29, 0.717) is 22.9 Å². The average Bonchev–Trinajstić information content (AvgIpc) is 3.12. The van der Waals surface area contributed by atoms with E-state index in [9.17, 15) is 4.79 Å². The topological polar surface area (TPSA) is 64.9 Å². The average molecular weight is 287 g/mol. The maximum Gasteiger partial charge on any atom is 0.275 e. The van der Waals surface area contributed by atoms with Gasteiger partial charge in [-0.1, -0.05) is 0 Å². The second kappa shape index (κ2) is 4.24. The van der Waals surface area contributed by atoms with Gasteiger partial charge in [0.15, 0.2) is 16.5 Å². The van der Waals surface area contributed by atoms with E-state index < -0.39 is 0 Å². The third kappa shape index (κ3) is 1.79. The van der Waals surface area contributed by atoms with E-state index in [-0.39, 0.29) is 12.7 Å². The molecule has 7 heteroatoms. The number of carbonyl (C=O) groups is 1. The van der Waals surface area contributed by atoms with Gasteiger partial charge < -0.3 is 14.8 Å². The number of carbonyl (C=O) groups excluding carboxylic acids is 1. The Bertz CT molecular complexity index is 780. The van der Waals surface area contributed by atoms with E-state index in [1.165, 1.54) is 11.3 Å². The summed E-state index contributed by atoms with van der Waals surface area (Å²) in [4.78, 5) is 17.2. The molecule has 0 unspecified atom stereocenters. The SMILES string of the molecule is O=C(Nc1ccc2c(c1)OCO2)c1cn2ccsc2n1. The zero-order valence-corrected chi connectivity index (χ0v) is 11.0. The van der Waals surface area contributed by atoms with Gasteiger partial charge in [-0.2, -0.15) is 0 Å². The highest BCUT2D eigenvalue weighted by Crippen LogP contribution is 2.34. The number of ether oxygens (including phenoxy) is 2. The van der Waals surface area contributed by atoms with Gasteiger partial charge in [-0.05, 0) is 12.1 Å². The summed E-state index contributed by atoms with van der Waals surface area (Å²) in [7, 11) is 0. The molecule has 6 nitrogen and oxygen atoms in total. The van der Waals surface area contributed by atoms with Crippen LogP contribution in [0.15, 0.2) is 36.0 Å². The number of benzene rings is 1. The van der Waals surface area contributed by atoms with Crippen molar-refractivity contribution in [2.75, 3.05) is 12.1 Å². The number of imidazole rings is 1. The lowest BCUT2D eigenvalue weighted by molar-refractivity contribution is 0.102. The van der Waals surface area contributed by atoms with Crippen LogP contribution in [-0.4, -0.2) is 22.1 Å². The lowest BCUT2D eigenvalue weighted by atomic mass is 10.2. The first-order valence-corrected chi connectivity index (χ1v) is 6.81. The quantitative estimate of drug-likeness (QED) is 0.786. The number of nitrogens with one attached hydrogen (secondary N) is 1. The predicted octanol–water partition coefficient (Wildman–Crippen LogP) is 2.38. The third-order valence-electron chi connectivity index (χ3n) is 2.96. The summed E-state index contributed by atoms with van der Waals surface area (Å²) in [5, 5.41) is 4.71. The lowest BCUT2D eigenvalue weighted by Crippen LogP contribution is -2.12. The Hall–Kier alpha value is -2.54. The van der Waals surface area contributed by atoms with Crippen molar-refractivity contribution in [3.05, 3.63) is 41.7 Å². The Labute approximate surface area is 117 Å². The Kier molecular flexibility index (Phi) is 2.40. The van der Waals surface area contributed by atoms with Crippen LogP contribution in [-0.2, 0) is 0 Å². The van der Waals surface area contributed by atoms with Crippen LogP contribution >= 0.6 is 11.3 Å². The van der Waals surface area contributed by atoms with Crippen LogP contribution in [0.3, 0.4) is 0 Å². The van der Waals surface area contributed by atoms with E-state index in [0.717, 1.165) is 4.96 Å². The molecule has 1 aliphatic rings. The largest absolute Gasteiger partial charge is 0.454 e. The van der Waals surface area contributed by atoms with E-state index in [2.05, 4.69) is 10.3 Å². The first-order valence-electron chi connectivity index (χ1n) is 5.93. The van der Waals surface area contributed by atoms with Crippen LogP contribution in [0.5, 0.6) is 11.5 Å². The van der Waals surface area contributed by atoms with Gasteiger partial charge in [-0.25, -0.2) is 4.98 Å². The van der Waals surface area contributed by atoms with Gasteiger partial charge in [0.2, 0.25) is 6.79 Å². The number of hydrogen-bond donors (Lipinski definition) is 1. The van der Waals surface area contributed by atoms with Crippen molar-refractivity contribution < 1.29 is 14.3 Å². The Morgan fingerprint density at radius 1 is 1.35 bits per heavy atom. The van der Waals surface area contributed by atoms with Gasteiger partial charge in [0.05, 0.1) is 0 Å². The number of aromatic nitrogens is 2. The lowest BCUT2D eigenvalue weighted by Gasteiger charge is -2.04. The molecule has 2 aromatic heterocycles. The number of thiazole rings is 1. The standard InChI is InChI=1S/C13H9N3O3S/c17-12(9-6-16-3-4-20-13(16)15-9)14-8-1-2-10-11(5-8)19-7-18-10/h1-6H,7H2,(H,14,17). The molecule has 0 aliphatic carbocycles. The molecule has 1 aromatic carbocycles. The molecule has 1 amide bonds. The number of fused-ring (bicyclic) bond motifs is 2. The van der Waals surface area contributed by atoms with Crippen molar-refractivity contribution in [2.24, 2.45) is 0 Å². The number of rotatable bonds is 2. The number of hydrogen-bond acceptors (Lipinski definition) is 5. The maximum absolute atomic E-state index is 12.1. The minimum Gasteiger partial charge on any atom is -0.454 e. The van der Waals surface area contributed by atoms with Gasteiger partial charge in [0.1, 0.15) is 5.69 Å². The molecule has 20 heavy (non-hydrogen) atoms. The molecule has 0 bridgehead atoms. The van der Waals surface area contributed by atoms with Crippen LogP contribution in [0.1, 0.15) is 10.5 Å². The maximum atomic E-state index is 12.1. The summed E-state index contributed by atoms with van der Waals surface area (Å²) in [6, 6.07) is 5.27. The third-order valence-corrected chi connectivity index (χ3v) is 3.73. The highest BCUT2D eigenvalue weighted by molar-refractivity contribution is 7.15. The fourth-order valence-corrected chi connectivity index (χ4v) is 2.71. The molecule has 3 heterocycles. The minimum absolute atomic E-state index is 0.212. The fraction of sp³-hybridized carbons (Fsp3) is 0.0769. The molecular formula is C13H9N3O3S. The second-order valence-corrected chi connectivity index (χ2v) is 5.11. The summed E-state index contributed by atoms with van der Waals surface area (Å²) in [5.41, 5.74) is 1.03. The molecule has 0 saturated heterocycles. The Balaban J connectivity index is 1.59. The van der Waals surface area contributed by atoms with Crippen LogP contribution in [0.25, 0.3) is 4.96 Å². The Morgan fingerprint density at radius 2 is 2.25 bits per heavy atom. The molecule has 1 aliphatic heterocycles. The molecule has 1 N–H and O–H groups in total. The van der Waals surface area contributed by atoms with E-state index in [4.69, 9.17) is 9.47 Å². The first-order chi connectivity index (χ1) is 9.79. The van der Waals surface area contributed by atoms with E-state index in [1.54, 1.807) is 24.4 Å². The van der Waals surface area contributed by atoms with Gasteiger partial charge >= 0.3 is 0 Å². The zero-order valence-electron chi connectivity index (χ0n) is 10.2. The Morgan fingerprint density at radius 3 is 3.15 bits per heavy atom. The van der Waals surface area contributed by atoms with Gasteiger partial charge in [0.25, 0.3) is 5.91 Å². The predicted molar refractivity (Wildman–Crippen MR) is 73.6 cm³/mol. The molecule has 0 spiro atoms. The molecule has 0 fully saturated rings. The van der Waals surface area contributed by atoms with E-state index >= 15 is 0 Å². The number of anilines is 1. The van der Waals surface area contributed by atoms with Crippen molar-refractivity contribution in [1.82, 2.24) is 9.38 Å². The summed E-state index contributed by atoms with van der Waals surface area (Å²) >= 11 is 1.48. The highest BCUT2D eigenvalue weighted by Gasteiger charge is 2.16. The molecular weight excluding hydrogens is 278 g/mol. The minimum atomic E-state index is -0.250.